The van der Waals surface area contributed by atoms with Crippen molar-refractivity contribution < 1.29 is 34.1 Å². The predicted molar refractivity (Wildman–Crippen MR) is 268 cm³/mol. The van der Waals surface area contributed by atoms with Crippen molar-refractivity contribution in [3.63, 3.8) is 0 Å². The van der Waals surface area contributed by atoms with Gasteiger partial charge in [0.05, 0.1) is 13.2 Å². The summed E-state index contributed by atoms with van der Waals surface area (Å²) in [5, 5.41) is 22.6. The van der Waals surface area contributed by atoms with Gasteiger partial charge in [0.15, 0.2) is 0 Å². The molecule has 4 N–H and O–H groups in total. The highest BCUT2D eigenvalue weighted by Gasteiger charge is 2.19. The molecule has 0 saturated heterocycles. The summed E-state index contributed by atoms with van der Waals surface area (Å²) in [6, 6.07) is -1.39. The van der Waals surface area contributed by atoms with E-state index in [0.717, 1.165) is 109 Å². The molecule has 0 spiro atoms. The third-order valence-electron chi connectivity index (χ3n) is 11.2. The Labute approximate surface area is 391 Å². The Morgan fingerprint density at radius 3 is 1.42 bits per heavy atom. The van der Waals surface area contributed by atoms with Gasteiger partial charge in [-0.25, -0.2) is 4.79 Å². The summed E-state index contributed by atoms with van der Waals surface area (Å²) in [6.07, 6.45) is 62.2. The molecular weight excluding hydrogens is 801 g/mol. The zero-order valence-corrected chi connectivity index (χ0v) is 40.8. The van der Waals surface area contributed by atoms with Crippen LogP contribution in [0.5, 0.6) is 0 Å². The lowest BCUT2D eigenvalue weighted by molar-refractivity contribution is -0.150. The molecule has 9 nitrogen and oxygen atoms in total. The van der Waals surface area contributed by atoms with Crippen LogP contribution in [0.1, 0.15) is 226 Å². The van der Waals surface area contributed by atoms with Crippen LogP contribution in [0.4, 0.5) is 0 Å². The molecule has 0 aromatic carbocycles. The van der Waals surface area contributed by atoms with E-state index in [1.807, 2.05) is 0 Å². The van der Waals surface area contributed by atoms with Gasteiger partial charge >= 0.3 is 11.9 Å². The van der Waals surface area contributed by atoms with Gasteiger partial charge in [-0.05, 0) is 103 Å². The van der Waals surface area contributed by atoms with Crippen LogP contribution in [0.3, 0.4) is 0 Å². The number of unbranched alkanes of at least 4 members (excludes halogenated alkanes) is 20. The zero-order chi connectivity index (χ0) is 46.8. The number of amides is 2. The minimum atomic E-state index is -1.39. The van der Waals surface area contributed by atoms with Crippen molar-refractivity contribution in [3.05, 3.63) is 72.9 Å². The summed E-state index contributed by atoms with van der Waals surface area (Å²) in [6.45, 7) is 3.37. The highest BCUT2D eigenvalue weighted by molar-refractivity contribution is 5.87. The highest BCUT2D eigenvalue weighted by atomic mass is 16.5. The van der Waals surface area contributed by atoms with Gasteiger partial charge in [-0.3, -0.25) is 14.4 Å². The summed E-state index contributed by atoms with van der Waals surface area (Å²) in [5.74, 6) is -2.32. The normalized spacial score (nSPS) is 13.0. The third kappa shape index (κ3) is 44.9. The summed E-state index contributed by atoms with van der Waals surface area (Å²) < 4.78 is 6.04. The predicted octanol–water partition coefficient (Wildman–Crippen LogP) is 13.8. The molecule has 64 heavy (non-hydrogen) atoms. The molecule has 0 aliphatic heterocycles. The van der Waals surface area contributed by atoms with Crippen LogP contribution in [0, 0.1) is 0 Å². The third-order valence-corrected chi connectivity index (χ3v) is 11.2. The molecule has 0 saturated carbocycles. The lowest BCUT2D eigenvalue weighted by atomic mass is 10.0. The van der Waals surface area contributed by atoms with Crippen molar-refractivity contribution in [2.24, 2.45) is 0 Å². The summed E-state index contributed by atoms with van der Waals surface area (Å²) in [4.78, 5) is 47.8. The number of aliphatic hydroxyl groups excluding tert-OH is 1. The smallest absolute Gasteiger partial charge is 0.328 e. The van der Waals surface area contributed by atoms with E-state index >= 15 is 0 Å². The first kappa shape index (κ1) is 60.3. The summed E-state index contributed by atoms with van der Waals surface area (Å²) >= 11 is 0. The second-order valence-electron chi connectivity index (χ2n) is 17.2. The van der Waals surface area contributed by atoms with E-state index in [2.05, 4.69) is 97.4 Å². The number of ether oxygens (including phenoxy) is 1. The first-order valence-corrected chi connectivity index (χ1v) is 25.8. The van der Waals surface area contributed by atoms with Crippen molar-refractivity contribution in [2.75, 3.05) is 13.2 Å². The quantitative estimate of drug-likeness (QED) is 0.0271. The SMILES string of the molecule is CC/C=C\C/C=C\C/C=C\C/C=C\C/C=C\CCCCCCCCCC(=O)OC(CCC/C=C\CCCCCCCCCC)CCCCCCCC(=O)NCC(=O)NC(CO)C(=O)O. The molecule has 0 fully saturated rings. The minimum Gasteiger partial charge on any atom is -0.480 e. The Hall–Kier alpha value is -3.72. The van der Waals surface area contributed by atoms with E-state index < -0.39 is 24.5 Å². The molecule has 9 heteroatoms. The van der Waals surface area contributed by atoms with Crippen LogP contribution >= 0.6 is 0 Å². The van der Waals surface area contributed by atoms with Crippen LogP contribution in [-0.4, -0.2) is 59.3 Å². The van der Waals surface area contributed by atoms with Crippen LogP contribution in [0.15, 0.2) is 72.9 Å². The van der Waals surface area contributed by atoms with Crippen LogP contribution in [-0.2, 0) is 23.9 Å². The number of aliphatic carboxylic acids is 1. The molecule has 2 amide bonds. The van der Waals surface area contributed by atoms with Gasteiger partial charge in [0.1, 0.15) is 12.1 Å². The first-order chi connectivity index (χ1) is 31.3. The van der Waals surface area contributed by atoms with E-state index in [1.54, 1.807) is 0 Å². The largest absolute Gasteiger partial charge is 0.480 e. The van der Waals surface area contributed by atoms with Gasteiger partial charge in [0.25, 0.3) is 0 Å². The van der Waals surface area contributed by atoms with Gasteiger partial charge in [-0.1, -0.05) is 183 Å². The number of hydrogen-bond acceptors (Lipinski definition) is 6. The van der Waals surface area contributed by atoms with Gasteiger partial charge in [0.2, 0.25) is 11.8 Å². The molecule has 0 bridgehead atoms. The number of nitrogens with one attached hydrogen (secondary N) is 2. The summed E-state index contributed by atoms with van der Waals surface area (Å²) in [7, 11) is 0. The first-order valence-electron chi connectivity index (χ1n) is 25.8. The lowest BCUT2D eigenvalue weighted by Gasteiger charge is -2.18. The van der Waals surface area contributed by atoms with Crippen LogP contribution in [0.25, 0.3) is 0 Å². The fraction of sp³-hybridized carbons (Fsp3) is 0.709. The van der Waals surface area contributed by atoms with Crippen LogP contribution in [0.2, 0.25) is 0 Å². The maximum Gasteiger partial charge on any atom is 0.328 e. The fourth-order valence-electron chi connectivity index (χ4n) is 7.27. The number of esters is 1. The molecule has 2 unspecified atom stereocenters. The molecule has 366 valence electrons. The monoisotopic (exact) mass is 895 g/mol. The van der Waals surface area contributed by atoms with Crippen molar-refractivity contribution in [1.82, 2.24) is 10.6 Å². The van der Waals surface area contributed by atoms with Gasteiger partial charge in [-0.15, -0.1) is 0 Å². The average Bonchev–Trinajstić information content (AvgIpc) is 3.28. The maximum absolute atomic E-state index is 12.9. The standard InChI is InChI=1S/C55H94N2O7/c1-3-5-7-9-11-13-15-17-18-19-20-21-22-23-24-25-26-28-30-32-34-39-43-47-54(61)64-50(44-40-36-33-31-29-27-16-14-12-10-8-6-4-2)45-41-37-35-38-42-46-52(59)56-48-53(60)57-51(49-58)55(62)63/h5,7,11,13,17-18,20-21,23-24,31,33,50-51,58H,3-4,6,8-10,12,14-16,19,22,25-30,32,34-49H2,1-2H3,(H,56,59)(H,57,60)(H,62,63)/b7-5-,13-11-,18-17-,21-20-,24-23-,33-31-. The molecule has 0 aliphatic carbocycles. The van der Waals surface area contributed by atoms with Gasteiger partial charge < -0.3 is 25.6 Å². The number of hydrogen-bond donors (Lipinski definition) is 4. The topological polar surface area (TPSA) is 142 Å². The lowest BCUT2D eigenvalue weighted by Crippen LogP contribution is -2.47. The number of allylic oxidation sites excluding steroid dienone is 12. The van der Waals surface area contributed by atoms with Crippen molar-refractivity contribution in [3.8, 4) is 0 Å². The Balaban J connectivity index is 4.32. The Kier molecular flexibility index (Phi) is 45.9. The molecule has 0 heterocycles. The second kappa shape index (κ2) is 48.7. The van der Waals surface area contributed by atoms with E-state index in [9.17, 15) is 19.2 Å². The number of carboxylic acids is 1. The van der Waals surface area contributed by atoms with Crippen molar-refractivity contribution >= 4 is 23.8 Å². The number of carbonyl (C=O) groups is 4. The van der Waals surface area contributed by atoms with E-state index in [-0.39, 0.29) is 30.9 Å². The molecular formula is C55H94N2O7. The van der Waals surface area contributed by atoms with Crippen molar-refractivity contribution in [1.29, 1.82) is 0 Å². The number of carboxylic acid groups (broad SMARTS) is 1. The molecule has 0 radical (unpaired) electrons. The van der Waals surface area contributed by atoms with Crippen LogP contribution < -0.4 is 10.6 Å². The van der Waals surface area contributed by atoms with E-state index in [1.165, 1.54) is 83.5 Å². The van der Waals surface area contributed by atoms with E-state index in [4.69, 9.17) is 14.9 Å². The van der Waals surface area contributed by atoms with Gasteiger partial charge in [-0.2, -0.15) is 0 Å². The Morgan fingerprint density at radius 2 is 0.906 bits per heavy atom. The van der Waals surface area contributed by atoms with Gasteiger partial charge in [0, 0.05) is 12.8 Å². The number of aliphatic hydroxyl groups is 1. The highest BCUT2D eigenvalue weighted by Crippen LogP contribution is 2.18. The fourth-order valence-corrected chi connectivity index (χ4v) is 7.27. The zero-order valence-electron chi connectivity index (χ0n) is 40.8. The summed E-state index contributed by atoms with van der Waals surface area (Å²) in [5.41, 5.74) is 0. The minimum absolute atomic E-state index is 0.0555. The molecule has 0 aromatic rings. The Bertz CT molecular complexity index is 1300. The van der Waals surface area contributed by atoms with E-state index in [0.29, 0.717) is 12.8 Å². The Morgan fingerprint density at radius 1 is 0.484 bits per heavy atom. The molecule has 0 aliphatic rings. The maximum atomic E-state index is 12.9. The molecule has 2 atom stereocenters. The second-order valence-corrected chi connectivity index (χ2v) is 17.2. The number of rotatable bonds is 46. The number of carbonyl (C=O) groups excluding carboxylic acids is 3. The molecule has 0 rings (SSSR count). The van der Waals surface area contributed by atoms with Crippen molar-refractivity contribution in [2.45, 2.75) is 238 Å². The average molecular weight is 895 g/mol. The molecule has 0 aromatic heterocycles.